The maximum absolute atomic E-state index is 11.9. The van der Waals surface area contributed by atoms with Gasteiger partial charge in [0.25, 0.3) is 5.91 Å². The van der Waals surface area contributed by atoms with Gasteiger partial charge in [-0.3, -0.25) is 15.1 Å². The van der Waals surface area contributed by atoms with Crippen molar-refractivity contribution in [3.8, 4) is 0 Å². The third-order valence-corrected chi connectivity index (χ3v) is 7.77. The van der Waals surface area contributed by atoms with Crippen molar-refractivity contribution in [3.05, 3.63) is 81.3 Å². The molecule has 0 spiro atoms. The number of amides is 1. The number of hydrogen-bond donors (Lipinski definition) is 3. The molecule has 6 rings (SSSR count). The topological polar surface area (TPSA) is 144 Å². The van der Waals surface area contributed by atoms with Gasteiger partial charge in [-0.05, 0) is 75.6 Å². The summed E-state index contributed by atoms with van der Waals surface area (Å²) in [7, 11) is 0. The van der Waals surface area contributed by atoms with E-state index in [0.717, 1.165) is 30.1 Å². The molecule has 0 saturated carbocycles. The number of hydrogen-bond acceptors (Lipinski definition) is 9. The Morgan fingerprint density at radius 1 is 0.784 bits per heavy atom. The van der Waals surface area contributed by atoms with E-state index in [1.165, 1.54) is 59.8 Å². The zero-order chi connectivity index (χ0) is 26.0. The first-order valence-electron chi connectivity index (χ1n) is 12.1. The second-order valence-electron chi connectivity index (χ2n) is 8.41. The fourth-order valence-corrected chi connectivity index (χ4v) is 5.89. The number of nitrogens with two attached hydrogens (primary N) is 1. The number of nitrogen functional groups attached to an aromatic ring is 1. The minimum atomic E-state index is -0.990. The molecule has 192 valence electrons. The number of fused-ring (bicyclic) bond motifs is 2. The van der Waals surface area contributed by atoms with Crippen molar-refractivity contribution in [3.63, 3.8) is 0 Å². The van der Waals surface area contributed by atoms with Crippen LogP contribution in [0.25, 0.3) is 0 Å². The Bertz CT molecular complexity index is 1280. The van der Waals surface area contributed by atoms with Crippen LogP contribution in [0.5, 0.6) is 0 Å². The number of nitrogens with zero attached hydrogens (tertiary/aromatic N) is 4. The Morgan fingerprint density at radius 3 is 1.86 bits per heavy atom. The van der Waals surface area contributed by atoms with E-state index in [4.69, 9.17) is 10.8 Å². The minimum Gasteiger partial charge on any atom is -0.477 e. The summed E-state index contributed by atoms with van der Waals surface area (Å²) < 4.78 is 0. The molecule has 4 N–H and O–H groups in total. The summed E-state index contributed by atoms with van der Waals surface area (Å²) in [5.74, 6) is -1.18. The molecule has 11 heteroatoms. The van der Waals surface area contributed by atoms with Gasteiger partial charge in [-0.1, -0.05) is 12.1 Å². The fourth-order valence-electron chi connectivity index (χ4n) is 3.92. The highest BCUT2D eigenvalue weighted by Crippen LogP contribution is 2.30. The van der Waals surface area contributed by atoms with Gasteiger partial charge < -0.3 is 10.8 Å². The molecule has 2 aliphatic carbocycles. The lowest BCUT2D eigenvalue weighted by molar-refractivity contribution is 0.0690. The first-order valence-corrected chi connectivity index (χ1v) is 13.7. The Hall–Kier alpha value is -3.70. The van der Waals surface area contributed by atoms with Gasteiger partial charge in [-0.2, -0.15) is 0 Å². The van der Waals surface area contributed by atoms with Gasteiger partial charge in [0.05, 0.1) is 11.4 Å². The number of rotatable bonds is 3. The van der Waals surface area contributed by atoms with E-state index in [1.807, 2.05) is 0 Å². The summed E-state index contributed by atoms with van der Waals surface area (Å²) >= 11 is 3.24. The fraction of sp³-hybridized carbons (Fsp3) is 0.308. The molecular weight excluding hydrogens is 508 g/mol. The van der Waals surface area contributed by atoms with Crippen molar-refractivity contribution in [2.45, 2.75) is 51.4 Å². The molecule has 4 aromatic rings. The van der Waals surface area contributed by atoms with E-state index in [9.17, 15) is 9.59 Å². The largest absolute Gasteiger partial charge is 0.477 e. The summed E-state index contributed by atoms with van der Waals surface area (Å²) in [6, 6.07) is 10.0. The first-order chi connectivity index (χ1) is 18.0. The lowest BCUT2D eigenvalue weighted by Gasteiger charge is -2.06. The van der Waals surface area contributed by atoms with Crippen molar-refractivity contribution >= 4 is 44.8 Å². The zero-order valence-electron chi connectivity index (χ0n) is 20.2. The Kier molecular flexibility index (Phi) is 9.28. The third-order valence-electron chi connectivity index (χ3n) is 5.71. The molecule has 4 aromatic heterocycles. The third kappa shape index (κ3) is 7.64. The Morgan fingerprint density at radius 2 is 1.35 bits per heavy atom. The minimum absolute atomic E-state index is 0.0810. The number of pyridine rings is 2. The van der Waals surface area contributed by atoms with Crippen molar-refractivity contribution in [2.75, 3.05) is 11.1 Å². The number of carbonyl (C=O) groups is 2. The molecule has 0 fully saturated rings. The number of aromatic nitrogens is 4. The second kappa shape index (κ2) is 13.0. The SMILES string of the molecule is Nc1nc2c(s1)CCCC2.O=C(Nc1nc2c(s1)CCCC2)c1ccccn1.O=C(O)c1ccccn1. The van der Waals surface area contributed by atoms with Gasteiger partial charge in [-0.15, -0.1) is 22.7 Å². The second-order valence-corrected chi connectivity index (χ2v) is 10.6. The molecule has 2 aliphatic rings. The van der Waals surface area contributed by atoms with E-state index in [-0.39, 0.29) is 11.6 Å². The summed E-state index contributed by atoms with van der Waals surface area (Å²) in [5.41, 5.74) is 8.48. The van der Waals surface area contributed by atoms with E-state index in [2.05, 4.69) is 25.3 Å². The quantitative estimate of drug-likeness (QED) is 0.330. The van der Waals surface area contributed by atoms with Crippen molar-refractivity contribution in [1.29, 1.82) is 0 Å². The summed E-state index contributed by atoms with van der Waals surface area (Å²) in [6.07, 6.45) is 12.5. The Labute approximate surface area is 222 Å². The average molecular weight is 537 g/mol. The first kappa shape index (κ1) is 26.4. The summed E-state index contributed by atoms with van der Waals surface area (Å²) in [5, 5.41) is 12.6. The number of nitrogens with one attached hydrogen (secondary N) is 1. The van der Waals surface area contributed by atoms with Crippen LogP contribution in [0.4, 0.5) is 10.3 Å². The molecule has 37 heavy (non-hydrogen) atoms. The molecule has 0 bridgehead atoms. The highest BCUT2D eigenvalue weighted by molar-refractivity contribution is 7.16. The van der Waals surface area contributed by atoms with E-state index in [1.54, 1.807) is 59.2 Å². The van der Waals surface area contributed by atoms with Gasteiger partial charge in [0.2, 0.25) is 0 Å². The predicted molar refractivity (Wildman–Crippen MR) is 145 cm³/mol. The van der Waals surface area contributed by atoms with Crippen LogP contribution in [0.3, 0.4) is 0 Å². The van der Waals surface area contributed by atoms with Crippen LogP contribution in [-0.4, -0.2) is 36.9 Å². The highest BCUT2D eigenvalue weighted by Gasteiger charge is 2.17. The van der Waals surface area contributed by atoms with Gasteiger partial charge >= 0.3 is 5.97 Å². The van der Waals surface area contributed by atoms with Gasteiger partial charge in [0.15, 0.2) is 10.3 Å². The summed E-state index contributed by atoms with van der Waals surface area (Å²) in [4.78, 5) is 41.1. The van der Waals surface area contributed by atoms with Crippen molar-refractivity contribution in [2.24, 2.45) is 0 Å². The van der Waals surface area contributed by atoms with Crippen LogP contribution < -0.4 is 11.1 Å². The average Bonchev–Trinajstić information content (AvgIpc) is 3.52. The smallest absolute Gasteiger partial charge is 0.354 e. The number of aryl methyl sites for hydroxylation is 4. The highest BCUT2D eigenvalue weighted by atomic mass is 32.1. The number of carboxylic acid groups (broad SMARTS) is 1. The summed E-state index contributed by atoms with van der Waals surface area (Å²) in [6.45, 7) is 0. The van der Waals surface area contributed by atoms with Crippen LogP contribution in [0.2, 0.25) is 0 Å². The number of thiazole rings is 2. The molecule has 4 heterocycles. The monoisotopic (exact) mass is 536 g/mol. The molecule has 0 aliphatic heterocycles. The van der Waals surface area contributed by atoms with Crippen LogP contribution in [0, 0.1) is 0 Å². The van der Waals surface area contributed by atoms with E-state index < -0.39 is 5.97 Å². The molecule has 1 amide bonds. The lowest BCUT2D eigenvalue weighted by atomic mass is 10.0. The van der Waals surface area contributed by atoms with E-state index in [0.29, 0.717) is 10.8 Å². The molecule has 0 radical (unpaired) electrons. The van der Waals surface area contributed by atoms with Crippen molar-refractivity contribution in [1.82, 2.24) is 19.9 Å². The number of carbonyl (C=O) groups excluding carboxylic acids is 1. The molecule has 0 atom stereocenters. The maximum Gasteiger partial charge on any atom is 0.354 e. The number of anilines is 2. The van der Waals surface area contributed by atoms with Crippen molar-refractivity contribution < 1.29 is 14.7 Å². The normalized spacial score (nSPS) is 13.5. The Balaban J connectivity index is 0.000000143. The van der Waals surface area contributed by atoms with Gasteiger partial charge in [0.1, 0.15) is 11.4 Å². The van der Waals surface area contributed by atoms with Crippen LogP contribution in [0.15, 0.2) is 48.8 Å². The molecule has 0 unspecified atom stereocenters. The predicted octanol–water partition coefficient (Wildman–Crippen LogP) is 5.05. The molecule has 0 saturated heterocycles. The van der Waals surface area contributed by atoms with Gasteiger partial charge in [0, 0.05) is 22.1 Å². The standard InChI is InChI=1S/C13H13N3OS.C7H10N2S.C6H5NO2/c17-12(10-6-3-4-8-14-10)16-13-15-9-5-1-2-7-11(9)18-13;8-7-9-5-3-1-2-4-6(5)10-7;8-6(9)5-3-1-2-4-7-5/h3-4,6,8H,1-2,5,7H2,(H,15,16,17);1-4H2,(H2,8,9);1-4H,(H,8,9). The maximum atomic E-state index is 11.9. The molecular formula is C26H28N6O3S2. The van der Waals surface area contributed by atoms with E-state index >= 15 is 0 Å². The van der Waals surface area contributed by atoms with Crippen LogP contribution >= 0.6 is 22.7 Å². The molecule has 9 nitrogen and oxygen atoms in total. The number of aromatic carboxylic acids is 1. The number of carboxylic acids is 1. The lowest BCUT2D eigenvalue weighted by Crippen LogP contribution is -2.13. The van der Waals surface area contributed by atoms with Gasteiger partial charge in [-0.25, -0.2) is 19.7 Å². The van der Waals surface area contributed by atoms with Crippen LogP contribution in [0.1, 0.15) is 67.8 Å². The molecule has 0 aromatic carbocycles. The zero-order valence-corrected chi connectivity index (χ0v) is 21.9. The van der Waals surface area contributed by atoms with Crippen LogP contribution in [-0.2, 0) is 25.7 Å².